The van der Waals surface area contributed by atoms with Gasteiger partial charge in [0.15, 0.2) is 5.76 Å². The van der Waals surface area contributed by atoms with Gasteiger partial charge in [0.2, 0.25) is 0 Å². The number of hydrogen-bond acceptors (Lipinski definition) is 3. The van der Waals surface area contributed by atoms with Gasteiger partial charge in [-0.25, -0.2) is 4.98 Å². The maximum absolute atomic E-state index is 11.6. The summed E-state index contributed by atoms with van der Waals surface area (Å²) in [4.78, 5) is 18.4. The lowest BCUT2D eigenvalue weighted by Gasteiger charge is -2.07. The monoisotopic (exact) mass is 204 g/mol. The molecule has 0 unspecified atom stereocenters. The van der Waals surface area contributed by atoms with Crippen molar-refractivity contribution in [2.45, 2.75) is 19.8 Å². The van der Waals surface area contributed by atoms with E-state index in [-0.39, 0.29) is 11.5 Å². The van der Waals surface area contributed by atoms with Gasteiger partial charge in [0.05, 0.1) is 12.6 Å². The minimum Gasteiger partial charge on any atom is -0.463 e. The van der Waals surface area contributed by atoms with Crippen LogP contribution in [0.3, 0.4) is 0 Å². The second-order valence-corrected chi connectivity index (χ2v) is 3.63. The maximum Gasteiger partial charge on any atom is 0.254 e. The fourth-order valence-corrected chi connectivity index (χ4v) is 1.56. The number of aromatic nitrogens is 2. The van der Waals surface area contributed by atoms with Crippen LogP contribution in [0.25, 0.3) is 11.5 Å². The Hall–Kier alpha value is -1.84. The Morgan fingerprint density at radius 3 is 2.87 bits per heavy atom. The molecule has 0 aromatic carbocycles. The molecule has 4 nitrogen and oxygen atoms in total. The maximum atomic E-state index is 11.6. The number of hydrogen-bond donors (Lipinski definition) is 1. The quantitative estimate of drug-likeness (QED) is 0.815. The highest BCUT2D eigenvalue weighted by molar-refractivity contribution is 5.56. The van der Waals surface area contributed by atoms with Crippen molar-refractivity contribution < 1.29 is 4.42 Å². The van der Waals surface area contributed by atoms with Crippen LogP contribution in [0.2, 0.25) is 0 Å². The minimum atomic E-state index is -0.105. The van der Waals surface area contributed by atoms with E-state index in [0.29, 0.717) is 17.0 Å². The molecule has 0 spiro atoms. The largest absolute Gasteiger partial charge is 0.463 e. The average molecular weight is 204 g/mol. The summed E-state index contributed by atoms with van der Waals surface area (Å²) in [6.07, 6.45) is 2.97. The second-order valence-electron chi connectivity index (χ2n) is 3.63. The molecule has 0 aliphatic carbocycles. The molecule has 0 aliphatic rings. The lowest BCUT2D eigenvalue weighted by atomic mass is 10.0. The second kappa shape index (κ2) is 3.73. The summed E-state index contributed by atoms with van der Waals surface area (Å²) in [5.74, 6) is 0.743. The number of aromatic amines is 1. The number of furan rings is 1. The van der Waals surface area contributed by atoms with Crippen LogP contribution in [0.15, 0.2) is 33.9 Å². The number of nitrogens with one attached hydrogen (secondary N) is 1. The standard InChI is InChI=1S/C11H12N2O2/c1-7(2)9-10(8-4-3-5-15-8)12-6-13-11(9)14/h3-7H,1-2H3,(H,12,13,14). The molecule has 15 heavy (non-hydrogen) atoms. The topological polar surface area (TPSA) is 58.9 Å². The molecule has 2 heterocycles. The summed E-state index contributed by atoms with van der Waals surface area (Å²) in [6, 6.07) is 3.58. The fraction of sp³-hybridized carbons (Fsp3) is 0.273. The van der Waals surface area contributed by atoms with E-state index < -0.39 is 0 Å². The molecule has 0 fully saturated rings. The Morgan fingerprint density at radius 1 is 1.47 bits per heavy atom. The summed E-state index contributed by atoms with van der Waals surface area (Å²) in [5, 5.41) is 0. The fourth-order valence-electron chi connectivity index (χ4n) is 1.56. The van der Waals surface area contributed by atoms with Crippen molar-refractivity contribution in [3.05, 3.63) is 40.6 Å². The molecule has 2 aromatic rings. The van der Waals surface area contributed by atoms with Crippen LogP contribution in [-0.2, 0) is 0 Å². The number of nitrogens with zero attached hydrogens (tertiary/aromatic N) is 1. The van der Waals surface area contributed by atoms with Crippen LogP contribution in [-0.4, -0.2) is 9.97 Å². The van der Waals surface area contributed by atoms with E-state index in [1.54, 1.807) is 18.4 Å². The molecule has 4 heteroatoms. The molecule has 0 atom stereocenters. The summed E-state index contributed by atoms with van der Waals surface area (Å²) in [5.41, 5.74) is 1.18. The van der Waals surface area contributed by atoms with Crippen LogP contribution < -0.4 is 5.56 Å². The third-order valence-corrected chi connectivity index (χ3v) is 2.22. The van der Waals surface area contributed by atoms with E-state index in [2.05, 4.69) is 9.97 Å². The summed E-state index contributed by atoms with van der Waals surface area (Å²) in [6.45, 7) is 3.91. The van der Waals surface area contributed by atoms with Gasteiger partial charge in [-0.05, 0) is 18.1 Å². The highest BCUT2D eigenvalue weighted by Crippen LogP contribution is 2.23. The van der Waals surface area contributed by atoms with Crippen molar-refractivity contribution >= 4 is 0 Å². The Bertz CT molecular complexity index is 498. The molecule has 2 rings (SSSR count). The SMILES string of the molecule is CC(C)c1c(-c2ccco2)nc[nH]c1=O. The van der Waals surface area contributed by atoms with Gasteiger partial charge in [0, 0.05) is 5.56 Å². The highest BCUT2D eigenvalue weighted by Gasteiger charge is 2.15. The Kier molecular flexibility index (Phi) is 2.41. The zero-order valence-corrected chi connectivity index (χ0v) is 8.65. The van der Waals surface area contributed by atoms with Crippen LogP contribution in [0, 0.1) is 0 Å². The Morgan fingerprint density at radius 2 is 2.27 bits per heavy atom. The smallest absolute Gasteiger partial charge is 0.254 e. The first-order valence-corrected chi connectivity index (χ1v) is 4.81. The molecule has 78 valence electrons. The van der Waals surface area contributed by atoms with Gasteiger partial charge in [-0.15, -0.1) is 0 Å². The molecule has 1 N–H and O–H groups in total. The van der Waals surface area contributed by atoms with Crippen molar-refractivity contribution in [2.75, 3.05) is 0 Å². The van der Waals surface area contributed by atoms with Gasteiger partial charge in [0.25, 0.3) is 5.56 Å². The molecule has 0 bridgehead atoms. The molecule has 0 amide bonds. The molecular formula is C11H12N2O2. The minimum absolute atomic E-state index is 0.105. The molecular weight excluding hydrogens is 192 g/mol. The summed E-state index contributed by atoms with van der Waals surface area (Å²) in [7, 11) is 0. The van der Waals surface area contributed by atoms with Crippen molar-refractivity contribution in [3.63, 3.8) is 0 Å². The predicted octanol–water partition coefficient (Wildman–Crippen LogP) is 2.15. The van der Waals surface area contributed by atoms with E-state index in [4.69, 9.17) is 4.42 Å². The molecule has 2 aromatic heterocycles. The van der Waals surface area contributed by atoms with Crippen molar-refractivity contribution in [2.24, 2.45) is 0 Å². The third kappa shape index (κ3) is 1.70. The lowest BCUT2D eigenvalue weighted by Crippen LogP contribution is -2.16. The summed E-state index contributed by atoms with van der Waals surface area (Å²) < 4.78 is 5.25. The Labute approximate surface area is 87.0 Å². The number of rotatable bonds is 2. The van der Waals surface area contributed by atoms with Gasteiger partial charge in [-0.3, -0.25) is 4.79 Å². The van der Waals surface area contributed by atoms with Gasteiger partial charge < -0.3 is 9.40 Å². The first-order chi connectivity index (χ1) is 7.20. The third-order valence-electron chi connectivity index (χ3n) is 2.22. The van der Waals surface area contributed by atoms with Crippen LogP contribution in [0.4, 0.5) is 0 Å². The highest BCUT2D eigenvalue weighted by atomic mass is 16.3. The van der Waals surface area contributed by atoms with Gasteiger partial charge in [0.1, 0.15) is 5.69 Å². The predicted molar refractivity (Wildman–Crippen MR) is 56.6 cm³/mol. The van der Waals surface area contributed by atoms with E-state index in [9.17, 15) is 4.79 Å². The van der Waals surface area contributed by atoms with Crippen LogP contribution >= 0.6 is 0 Å². The van der Waals surface area contributed by atoms with Gasteiger partial charge >= 0.3 is 0 Å². The van der Waals surface area contributed by atoms with E-state index in [1.165, 1.54) is 6.33 Å². The van der Waals surface area contributed by atoms with Crippen molar-refractivity contribution in [1.82, 2.24) is 9.97 Å². The van der Waals surface area contributed by atoms with Crippen LogP contribution in [0.5, 0.6) is 0 Å². The normalized spacial score (nSPS) is 10.9. The van der Waals surface area contributed by atoms with Gasteiger partial charge in [-0.2, -0.15) is 0 Å². The average Bonchev–Trinajstić information content (AvgIpc) is 2.69. The molecule has 0 radical (unpaired) electrons. The van der Waals surface area contributed by atoms with Gasteiger partial charge in [-0.1, -0.05) is 13.8 Å². The first kappa shape index (κ1) is 9.71. The number of H-pyrrole nitrogens is 1. The zero-order valence-electron chi connectivity index (χ0n) is 8.65. The zero-order chi connectivity index (χ0) is 10.8. The van der Waals surface area contributed by atoms with E-state index >= 15 is 0 Å². The molecule has 0 aliphatic heterocycles. The molecule has 0 saturated carbocycles. The summed E-state index contributed by atoms with van der Waals surface area (Å²) >= 11 is 0. The van der Waals surface area contributed by atoms with Crippen LogP contribution in [0.1, 0.15) is 25.3 Å². The Balaban J connectivity index is 2.67. The van der Waals surface area contributed by atoms with Crippen molar-refractivity contribution in [1.29, 1.82) is 0 Å². The van der Waals surface area contributed by atoms with Crippen molar-refractivity contribution in [3.8, 4) is 11.5 Å². The first-order valence-electron chi connectivity index (χ1n) is 4.81. The molecule has 0 saturated heterocycles. The van der Waals surface area contributed by atoms with E-state index in [0.717, 1.165) is 0 Å². The van der Waals surface area contributed by atoms with E-state index in [1.807, 2.05) is 13.8 Å². The lowest BCUT2D eigenvalue weighted by molar-refractivity contribution is 0.577.